The van der Waals surface area contributed by atoms with Crippen molar-refractivity contribution >= 4 is 16.9 Å². The van der Waals surface area contributed by atoms with E-state index in [0.717, 1.165) is 16.5 Å². The van der Waals surface area contributed by atoms with Gasteiger partial charge in [-0.05, 0) is 29.7 Å². The number of hydrogen-bond donors (Lipinski definition) is 0. The van der Waals surface area contributed by atoms with Gasteiger partial charge >= 0.3 is 6.09 Å². The molecule has 2 aromatic carbocycles. The largest absolute Gasteiger partial charge is 0.497 e. The van der Waals surface area contributed by atoms with Crippen LogP contribution in [0.4, 0.5) is 4.79 Å². The minimum Gasteiger partial charge on any atom is -0.497 e. The Morgan fingerprint density at radius 3 is 2.61 bits per heavy atom. The molecule has 2 rings (SSSR count). The Bertz CT molecular complexity index is 578. The van der Waals surface area contributed by atoms with Gasteiger partial charge in [-0.3, -0.25) is 0 Å². The van der Waals surface area contributed by atoms with Crippen LogP contribution in [0.15, 0.2) is 36.4 Å². The zero-order valence-corrected chi connectivity index (χ0v) is 10.6. The second-order valence-corrected chi connectivity index (χ2v) is 4.11. The molecular formula is C14H15NO3. The molecule has 0 saturated heterocycles. The minimum atomic E-state index is -0.390. The van der Waals surface area contributed by atoms with E-state index in [2.05, 4.69) is 0 Å². The monoisotopic (exact) mass is 245 g/mol. The standard InChI is InChI=1S/C14H15NO3/c1-15(2)14(16)18-13-6-4-5-10-9-11(17-3)7-8-12(10)13/h4-9H,1-3H3. The molecule has 0 aliphatic carbocycles. The van der Waals surface area contributed by atoms with Gasteiger partial charge < -0.3 is 14.4 Å². The maximum Gasteiger partial charge on any atom is 0.414 e. The second-order valence-electron chi connectivity index (χ2n) is 4.11. The molecule has 94 valence electrons. The summed E-state index contributed by atoms with van der Waals surface area (Å²) in [6.45, 7) is 0. The summed E-state index contributed by atoms with van der Waals surface area (Å²) in [4.78, 5) is 12.9. The Hall–Kier alpha value is -2.23. The fourth-order valence-corrected chi connectivity index (χ4v) is 1.63. The van der Waals surface area contributed by atoms with Gasteiger partial charge in [0, 0.05) is 19.5 Å². The maximum atomic E-state index is 11.6. The normalized spacial score (nSPS) is 10.2. The van der Waals surface area contributed by atoms with E-state index in [1.54, 1.807) is 27.3 Å². The van der Waals surface area contributed by atoms with Crippen molar-refractivity contribution in [2.75, 3.05) is 21.2 Å². The number of carbonyl (C=O) groups is 1. The molecule has 2 aromatic rings. The summed E-state index contributed by atoms with van der Waals surface area (Å²) in [6, 6.07) is 11.2. The topological polar surface area (TPSA) is 38.8 Å². The highest BCUT2D eigenvalue weighted by Crippen LogP contribution is 2.28. The van der Waals surface area contributed by atoms with Gasteiger partial charge in [0.1, 0.15) is 11.5 Å². The Balaban J connectivity index is 2.42. The van der Waals surface area contributed by atoms with Gasteiger partial charge in [-0.15, -0.1) is 0 Å². The van der Waals surface area contributed by atoms with E-state index in [-0.39, 0.29) is 0 Å². The SMILES string of the molecule is COc1ccc2c(OC(=O)N(C)C)cccc2c1. The maximum absolute atomic E-state index is 11.6. The number of nitrogens with zero attached hydrogens (tertiary/aromatic N) is 1. The van der Waals surface area contributed by atoms with Gasteiger partial charge in [0.2, 0.25) is 0 Å². The second kappa shape index (κ2) is 4.96. The number of benzene rings is 2. The first-order chi connectivity index (χ1) is 8.61. The first-order valence-corrected chi connectivity index (χ1v) is 5.57. The molecule has 0 aliphatic heterocycles. The van der Waals surface area contributed by atoms with Crippen molar-refractivity contribution < 1.29 is 14.3 Å². The molecule has 0 aliphatic rings. The fourth-order valence-electron chi connectivity index (χ4n) is 1.63. The van der Waals surface area contributed by atoms with E-state index in [9.17, 15) is 4.79 Å². The zero-order chi connectivity index (χ0) is 13.1. The molecule has 0 saturated carbocycles. The van der Waals surface area contributed by atoms with Crippen LogP contribution in [-0.2, 0) is 0 Å². The Labute approximate surface area is 106 Å². The number of hydrogen-bond acceptors (Lipinski definition) is 3. The van der Waals surface area contributed by atoms with Crippen LogP contribution in [0.3, 0.4) is 0 Å². The van der Waals surface area contributed by atoms with Crippen molar-refractivity contribution in [3.63, 3.8) is 0 Å². The van der Waals surface area contributed by atoms with Crippen molar-refractivity contribution in [3.05, 3.63) is 36.4 Å². The third kappa shape index (κ3) is 2.37. The van der Waals surface area contributed by atoms with Crippen LogP contribution in [0.2, 0.25) is 0 Å². The number of ether oxygens (including phenoxy) is 2. The molecule has 4 heteroatoms. The number of amides is 1. The first-order valence-electron chi connectivity index (χ1n) is 5.57. The number of methoxy groups -OCH3 is 1. The van der Waals surface area contributed by atoms with E-state index >= 15 is 0 Å². The molecular weight excluding hydrogens is 230 g/mol. The van der Waals surface area contributed by atoms with Crippen LogP contribution in [0.1, 0.15) is 0 Å². The molecule has 4 nitrogen and oxygen atoms in total. The first kappa shape index (κ1) is 12.2. The summed E-state index contributed by atoms with van der Waals surface area (Å²) < 4.78 is 10.5. The van der Waals surface area contributed by atoms with Crippen LogP contribution < -0.4 is 9.47 Å². The van der Waals surface area contributed by atoms with Gasteiger partial charge in [0.25, 0.3) is 0 Å². The lowest BCUT2D eigenvalue weighted by Crippen LogP contribution is -2.25. The van der Waals surface area contributed by atoms with Crippen LogP contribution in [-0.4, -0.2) is 32.2 Å². The Morgan fingerprint density at radius 1 is 1.17 bits per heavy atom. The highest BCUT2D eigenvalue weighted by atomic mass is 16.6. The lowest BCUT2D eigenvalue weighted by molar-refractivity contribution is 0.172. The quantitative estimate of drug-likeness (QED) is 0.816. The summed E-state index contributed by atoms with van der Waals surface area (Å²) in [6.07, 6.45) is -0.390. The zero-order valence-electron chi connectivity index (χ0n) is 10.6. The van der Waals surface area contributed by atoms with E-state index in [4.69, 9.17) is 9.47 Å². The van der Waals surface area contributed by atoms with Crippen molar-refractivity contribution in [1.82, 2.24) is 4.90 Å². The predicted octanol–water partition coefficient (Wildman–Crippen LogP) is 2.91. The van der Waals surface area contributed by atoms with Crippen molar-refractivity contribution in [1.29, 1.82) is 0 Å². The van der Waals surface area contributed by atoms with Crippen LogP contribution in [0.5, 0.6) is 11.5 Å². The lowest BCUT2D eigenvalue weighted by atomic mass is 10.1. The summed E-state index contributed by atoms with van der Waals surface area (Å²) in [5, 5.41) is 1.85. The van der Waals surface area contributed by atoms with Crippen LogP contribution in [0, 0.1) is 0 Å². The van der Waals surface area contributed by atoms with Crippen molar-refractivity contribution in [3.8, 4) is 11.5 Å². The van der Waals surface area contributed by atoms with Gasteiger partial charge in [0.05, 0.1) is 7.11 Å². The molecule has 0 atom stereocenters. The van der Waals surface area contributed by atoms with E-state index < -0.39 is 6.09 Å². The summed E-state index contributed by atoms with van der Waals surface area (Å²) in [7, 11) is 4.92. The summed E-state index contributed by atoms with van der Waals surface area (Å²) >= 11 is 0. The molecule has 0 aromatic heterocycles. The molecule has 1 amide bonds. The Kier molecular flexibility index (Phi) is 3.37. The van der Waals surface area contributed by atoms with Crippen LogP contribution in [0.25, 0.3) is 10.8 Å². The molecule has 0 unspecified atom stereocenters. The van der Waals surface area contributed by atoms with Gasteiger partial charge in [-0.2, -0.15) is 0 Å². The predicted molar refractivity (Wildman–Crippen MR) is 70.2 cm³/mol. The average Bonchev–Trinajstić information content (AvgIpc) is 2.38. The van der Waals surface area contributed by atoms with E-state index in [1.807, 2.05) is 30.3 Å². The van der Waals surface area contributed by atoms with Gasteiger partial charge in [-0.1, -0.05) is 12.1 Å². The van der Waals surface area contributed by atoms with Crippen LogP contribution >= 0.6 is 0 Å². The fraction of sp³-hybridized carbons (Fsp3) is 0.214. The smallest absolute Gasteiger partial charge is 0.414 e. The Morgan fingerprint density at radius 2 is 1.94 bits per heavy atom. The van der Waals surface area contributed by atoms with Crippen molar-refractivity contribution in [2.45, 2.75) is 0 Å². The molecule has 0 bridgehead atoms. The van der Waals surface area contributed by atoms with Gasteiger partial charge in [0.15, 0.2) is 0 Å². The molecule has 0 radical (unpaired) electrons. The summed E-state index contributed by atoms with van der Waals surface area (Å²) in [5.74, 6) is 1.33. The van der Waals surface area contributed by atoms with E-state index in [1.165, 1.54) is 4.90 Å². The minimum absolute atomic E-state index is 0.390. The summed E-state index contributed by atoms with van der Waals surface area (Å²) in [5.41, 5.74) is 0. The third-order valence-electron chi connectivity index (χ3n) is 2.61. The van der Waals surface area contributed by atoms with Gasteiger partial charge in [-0.25, -0.2) is 4.79 Å². The third-order valence-corrected chi connectivity index (χ3v) is 2.61. The lowest BCUT2D eigenvalue weighted by Gasteiger charge is -2.12. The highest BCUT2D eigenvalue weighted by molar-refractivity contribution is 5.91. The average molecular weight is 245 g/mol. The number of fused-ring (bicyclic) bond motifs is 1. The van der Waals surface area contributed by atoms with E-state index in [0.29, 0.717) is 5.75 Å². The number of rotatable bonds is 2. The highest BCUT2D eigenvalue weighted by Gasteiger charge is 2.09. The molecule has 0 N–H and O–H groups in total. The molecule has 18 heavy (non-hydrogen) atoms. The molecule has 0 spiro atoms. The molecule has 0 fully saturated rings. The molecule has 0 heterocycles. The van der Waals surface area contributed by atoms with Crippen molar-refractivity contribution in [2.24, 2.45) is 0 Å². The number of carbonyl (C=O) groups excluding carboxylic acids is 1.